The Hall–Kier alpha value is -1.66. The van der Waals surface area contributed by atoms with Gasteiger partial charge in [-0.1, -0.05) is 84.1 Å². The molecule has 3 fully saturated rings. The Bertz CT molecular complexity index is 818. The second-order valence-electron chi connectivity index (χ2n) is 12.5. The lowest BCUT2D eigenvalue weighted by molar-refractivity contribution is 0.0689. The first kappa shape index (κ1) is 31.9. The van der Waals surface area contributed by atoms with E-state index in [1.165, 1.54) is 103 Å². The number of nitrogens with zero attached hydrogens (tertiary/aromatic N) is 1. The van der Waals surface area contributed by atoms with Crippen LogP contribution in [0.2, 0.25) is 0 Å². The minimum Gasteiger partial charge on any atom is -0.477 e. The van der Waals surface area contributed by atoms with Crippen LogP contribution in [0.4, 0.5) is 0 Å². The molecular weight excluding hydrogens is 486 g/mol. The molecule has 0 saturated heterocycles. The number of pyridine rings is 1. The molecule has 4 N–H and O–H groups in total. The van der Waals surface area contributed by atoms with E-state index in [0.29, 0.717) is 36.3 Å². The predicted molar refractivity (Wildman–Crippen MR) is 161 cm³/mol. The van der Waals surface area contributed by atoms with E-state index < -0.39 is 5.97 Å². The number of nitrogens with two attached hydrogens (primary N) is 1. The largest absolute Gasteiger partial charge is 0.477 e. The van der Waals surface area contributed by atoms with Crippen LogP contribution in [-0.2, 0) is 0 Å². The van der Waals surface area contributed by atoms with Gasteiger partial charge in [-0.15, -0.1) is 0 Å². The Morgan fingerprint density at radius 1 is 1.00 bits per heavy atom. The highest BCUT2D eigenvalue weighted by atomic mass is 16.5. The maximum absolute atomic E-state index is 10.9. The number of rotatable bonds is 18. The monoisotopic (exact) mass is 543 g/mol. The summed E-state index contributed by atoms with van der Waals surface area (Å²) >= 11 is 0. The van der Waals surface area contributed by atoms with Gasteiger partial charge in [0.1, 0.15) is 0 Å². The standard InChI is InChI=1S/C20H42N2.C13H15NO3/c1-3-4-5-6-7-8-9-13-16-22-20(18(2)17-21)19-14-11-10-12-15-19;15-13(16)11-6-5-10(9-3-4-9)12(14-11)17-7-8-1-2-8/h18-20,22H,3-17,21H2,1-2H3;5-6,8-9H,1-4,7H2,(H,15,16). The van der Waals surface area contributed by atoms with Crippen LogP contribution in [0, 0.1) is 17.8 Å². The zero-order valence-electron chi connectivity index (χ0n) is 25.0. The Morgan fingerprint density at radius 2 is 1.67 bits per heavy atom. The second kappa shape index (κ2) is 17.9. The highest BCUT2D eigenvalue weighted by Crippen LogP contribution is 2.44. The molecule has 1 aromatic heterocycles. The van der Waals surface area contributed by atoms with E-state index in [4.69, 9.17) is 15.6 Å². The second-order valence-corrected chi connectivity index (χ2v) is 12.5. The van der Waals surface area contributed by atoms with Crippen LogP contribution in [-0.4, -0.2) is 41.8 Å². The molecule has 0 aromatic carbocycles. The Balaban J connectivity index is 0.000000221. The zero-order chi connectivity index (χ0) is 27.9. The van der Waals surface area contributed by atoms with Crippen LogP contribution in [0.1, 0.15) is 145 Å². The van der Waals surface area contributed by atoms with Crippen molar-refractivity contribution in [2.45, 2.75) is 135 Å². The molecule has 0 radical (unpaired) electrons. The van der Waals surface area contributed by atoms with Gasteiger partial charge < -0.3 is 20.9 Å². The molecule has 39 heavy (non-hydrogen) atoms. The Morgan fingerprint density at radius 3 is 2.26 bits per heavy atom. The van der Waals surface area contributed by atoms with E-state index in [2.05, 4.69) is 24.1 Å². The van der Waals surface area contributed by atoms with Crippen molar-refractivity contribution in [3.8, 4) is 5.88 Å². The molecule has 222 valence electrons. The van der Waals surface area contributed by atoms with Crippen LogP contribution in [0.3, 0.4) is 0 Å². The molecule has 4 rings (SSSR count). The van der Waals surface area contributed by atoms with E-state index in [-0.39, 0.29) is 5.69 Å². The molecule has 2 atom stereocenters. The van der Waals surface area contributed by atoms with Gasteiger partial charge in [0.25, 0.3) is 0 Å². The number of ether oxygens (including phenoxy) is 1. The average molecular weight is 544 g/mol. The van der Waals surface area contributed by atoms with Crippen LogP contribution in [0.25, 0.3) is 0 Å². The molecule has 3 aliphatic carbocycles. The molecule has 1 heterocycles. The van der Waals surface area contributed by atoms with Gasteiger partial charge >= 0.3 is 5.97 Å². The first-order valence-corrected chi connectivity index (χ1v) is 16.3. The van der Waals surface area contributed by atoms with Crippen molar-refractivity contribution in [1.82, 2.24) is 10.3 Å². The molecule has 1 aromatic rings. The molecular formula is C33H57N3O3. The Labute approximate surface area is 238 Å². The summed E-state index contributed by atoms with van der Waals surface area (Å²) in [6.07, 6.45) is 23.1. The summed E-state index contributed by atoms with van der Waals surface area (Å²) in [7, 11) is 0. The normalized spacial score (nSPS) is 19.2. The van der Waals surface area contributed by atoms with Crippen molar-refractivity contribution in [2.75, 3.05) is 19.7 Å². The van der Waals surface area contributed by atoms with E-state index in [0.717, 1.165) is 30.9 Å². The lowest BCUT2D eigenvalue weighted by Gasteiger charge is -2.35. The highest BCUT2D eigenvalue weighted by Gasteiger charge is 2.30. The number of aromatic carboxylic acids is 1. The van der Waals surface area contributed by atoms with Crippen molar-refractivity contribution in [1.29, 1.82) is 0 Å². The Kier molecular flexibility index (Phi) is 14.6. The molecule has 2 unspecified atom stereocenters. The van der Waals surface area contributed by atoms with Crippen molar-refractivity contribution >= 4 is 5.97 Å². The summed E-state index contributed by atoms with van der Waals surface area (Å²) in [5.41, 5.74) is 7.10. The van der Waals surface area contributed by atoms with Crippen molar-refractivity contribution < 1.29 is 14.6 Å². The van der Waals surface area contributed by atoms with Crippen LogP contribution < -0.4 is 15.8 Å². The van der Waals surface area contributed by atoms with Crippen LogP contribution >= 0.6 is 0 Å². The molecule has 3 aliphatic rings. The third-order valence-corrected chi connectivity index (χ3v) is 8.83. The number of unbranched alkanes of at least 4 members (excludes halogenated alkanes) is 7. The number of nitrogens with one attached hydrogen (secondary N) is 1. The number of carboxylic acid groups (broad SMARTS) is 1. The molecule has 0 bridgehead atoms. The number of hydrogen-bond acceptors (Lipinski definition) is 5. The SMILES string of the molecule is CCCCCCCCCCNC(C(C)CN)C1CCCCC1.O=C(O)c1ccc(C2CC2)c(OCC2CC2)n1. The molecule has 0 aliphatic heterocycles. The highest BCUT2D eigenvalue weighted by molar-refractivity contribution is 5.85. The van der Waals surface area contributed by atoms with Crippen LogP contribution in [0.15, 0.2) is 12.1 Å². The summed E-state index contributed by atoms with van der Waals surface area (Å²) in [4.78, 5) is 15.0. The molecule has 6 heteroatoms. The summed E-state index contributed by atoms with van der Waals surface area (Å²) in [6, 6.07) is 4.09. The van der Waals surface area contributed by atoms with Gasteiger partial charge in [0.05, 0.1) is 6.61 Å². The van der Waals surface area contributed by atoms with Gasteiger partial charge in [0, 0.05) is 11.6 Å². The maximum Gasteiger partial charge on any atom is 0.354 e. The van der Waals surface area contributed by atoms with Gasteiger partial charge in [-0.3, -0.25) is 0 Å². The fourth-order valence-corrected chi connectivity index (χ4v) is 5.87. The van der Waals surface area contributed by atoms with E-state index in [1.807, 2.05) is 6.07 Å². The quantitative estimate of drug-likeness (QED) is 0.164. The molecule has 0 spiro atoms. The first-order valence-electron chi connectivity index (χ1n) is 16.3. The van der Waals surface area contributed by atoms with Crippen molar-refractivity contribution in [3.05, 3.63) is 23.4 Å². The summed E-state index contributed by atoms with van der Waals surface area (Å²) in [6.45, 7) is 7.32. The lowest BCUT2D eigenvalue weighted by atomic mass is 9.79. The van der Waals surface area contributed by atoms with E-state index in [9.17, 15) is 4.79 Å². The summed E-state index contributed by atoms with van der Waals surface area (Å²) in [5.74, 6) is 2.22. The topological polar surface area (TPSA) is 97.5 Å². The lowest BCUT2D eigenvalue weighted by Crippen LogP contribution is -2.45. The third kappa shape index (κ3) is 12.2. The average Bonchev–Trinajstić information content (AvgIpc) is 3.88. The number of hydrogen-bond donors (Lipinski definition) is 3. The van der Waals surface area contributed by atoms with Crippen molar-refractivity contribution in [2.24, 2.45) is 23.5 Å². The number of aromatic nitrogens is 1. The van der Waals surface area contributed by atoms with Gasteiger partial charge in [-0.25, -0.2) is 9.78 Å². The third-order valence-electron chi connectivity index (χ3n) is 8.83. The predicted octanol–water partition coefficient (Wildman–Crippen LogP) is 7.71. The van der Waals surface area contributed by atoms with Gasteiger partial charge in [-0.2, -0.15) is 0 Å². The summed E-state index contributed by atoms with van der Waals surface area (Å²) < 4.78 is 5.68. The first-order chi connectivity index (χ1) is 19.0. The fourth-order valence-electron chi connectivity index (χ4n) is 5.87. The van der Waals surface area contributed by atoms with Crippen molar-refractivity contribution in [3.63, 3.8) is 0 Å². The van der Waals surface area contributed by atoms with E-state index >= 15 is 0 Å². The molecule has 3 saturated carbocycles. The molecule has 6 nitrogen and oxygen atoms in total. The van der Waals surface area contributed by atoms with Gasteiger partial charge in [-0.05, 0) is 87.8 Å². The number of carbonyl (C=O) groups is 1. The fraction of sp³-hybridized carbons (Fsp3) is 0.818. The maximum atomic E-state index is 10.9. The zero-order valence-corrected chi connectivity index (χ0v) is 25.0. The summed E-state index contributed by atoms with van der Waals surface area (Å²) in [5, 5.41) is 12.8. The van der Waals surface area contributed by atoms with E-state index in [1.54, 1.807) is 6.07 Å². The van der Waals surface area contributed by atoms with Crippen LogP contribution in [0.5, 0.6) is 5.88 Å². The smallest absolute Gasteiger partial charge is 0.354 e. The van der Waals surface area contributed by atoms with Gasteiger partial charge in [0.2, 0.25) is 5.88 Å². The molecule has 0 amide bonds. The minimum absolute atomic E-state index is 0.0696. The van der Waals surface area contributed by atoms with Gasteiger partial charge in [0.15, 0.2) is 5.69 Å². The minimum atomic E-state index is -0.997. The number of carboxylic acids is 1.